The van der Waals surface area contributed by atoms with Gasteiger partial charge in [0.05, 0.1) is 24.5 Å². The van der Waals surface area contributed by atoms with Gasteiger partial charge in [0.2, 0.25) is 0 Å². The fourth-order valence-electron chi connectivity index (χ4n) is 4.78. The lowest BCUT2D eigenvalue weighted by atomic mass is 9.99. The first-order chi connectivity index (χ1) is 15.5. The lowest BCUT2D eigenvalue weighted by Gasteiger charge is -2.29. The van der Waals surface area contributed by atoms with Crippen molar-refractivity contribution in [1.29, 1.82) is 0 Å². The maximum atomic E-state index is 13.7. The number of benzene rings is 2. The van der Waals surface area contributed by atoms with Gasteiger partial charge in [-0.2, -0.15) is 0 Å². The van der Waals surface area contributed by atoms with Crippen molar-refractivity contribution in [3.05, 3.63) is 64.9 Å². The number of hydrogen-bond acceptors (Lipinski definition) is 5. The number of imide groups is 1. The number of hydrogen-bond donors (Lipinski definition) is 0. The van der Waals surface area contributed by atoms with Crippen molar-refractivity contribution in [3.63, 3.8) is 0 Å². The first-order valence-electron chi connectivity index (χ1n) is 11.4. The third-order valence-electron chi connectivity index (χ3n) is 6.76. The molecule has 0 saturated carbocycles. The average Bonchev–Trinajstić information content (AvgIpc) is 3.43. The van der Waals surface area contributed by atoms with E-state index in [9.17, 15) is 9.59 Å². The molecular weight excluding hydrogens is 402 g/mol. The molecule has 0 unspecified atom stereocenters. The number of amides is 2. The summed E-state index contributed by atoms with van der Waals surface area (Å²) < 4.78 is 5.49. The van der Waals surface area contributed by atoms with Gasteiger partial charge in [-0.1, -0.05) is 18.2 Å². The number of anilines is 2. The molecule has 32 heavy (non-hydrogen) atoms. The molecule has 2 aromatic carbocycles. The number of morpholine rings is 1. The normalized spacial score (nSPS) is 19.5. The Balaban J connectivity index is 1.53. The predicted molar refractivity (Wildman–Crippen MR) is 126 cm³/mol. The van der Waals surface area contributed by atoms with Crippen molar-refractivity contribution in [3.8, 4) is 0 Å². The van der Waals surface area contributed by atoms with Gasteiger partial charge in [-0.25, -0.2) is 4.90 Å². The molecule has 2 saturated heterocycles. The molecule has 3 heterocycles. The second-order valence-corrected chi connectivity index (χ2v) is 8.78. The highest BCUT2D eigenvalue weighted by molar-refractivity contribution is 6.45. The highest BCUT2D eigenvalue weighted by atomic mass is 16.5. The highest BCUT2D eigenvalue weighted by Crippen LogP contribution is 2.36. The highest BCUT2D eigenvalue weighted by Gasteiger charge is 2.42. The van der Waals surface area contributed by atoms with E-state index in [1.165, 1.54) is 17.7 Å². The monoisotopic (exact) mass is 431 g/mol. The Kier molecular flexibility index (Phi) is 5.47. The van der Waals surface area contributed by atoms with Crippen LogP contribution < -0.4 is 9.80 Å². The van der Waals surface area contributed by atoms with Gasteiger partial charge in [0, 0.05) is 31.9 Å². The van der Waals surface area contributed by atoms with Gasteiger partial charge < -0.3 is 14.5 Å². The Morgan fingerprint density at radius 1 is 0.719 bits per heavy atom. The molecule has 6 heteroatoms. The molecule has 2 aromatic rings. The summed E-state index contributed by atoms with van der Waals surface area (Å²) in [6, 6.07) is 13.8. The molecule has 0 N–H and O–H groups in total. The van der Waals surface area contributed by atoms with E-state index in [-0.39, 0.29) is 11.8 Å². The number of carbonyl (C=O) groups is 2. The van der Waals surface area contributed by atoms with Crippen LogP contribution in [-0.2, 0) is 14.3 Å². The molecule has 3 aliphatic rings. The molecule has 0 radical (unpaired) electrons. The zero-order valence-corrected chi connectivity index (χ0v) is 18.8. The molecule has 0 aliphatic carbocycles. The van der Waals surface area contributed by atoms with E-state index in [2.05, 4.69) is 4.90 Å². The number of ether oxygens (including phenoxy) is 1. The number of aryl methyl sites for hydroxylation is 2. The molecule has 0 spiro atoms. The minimum absolute atomic E-state index is 0.251. The van der Waals surface area contributed by atoms with Gasteiger partial charge in [-0.15, -0.1) is 0 Å². The molecule has 0 bridgehead atoms. The predicted octanol–water partition coefficient (Wildman–Crippen LogP) is 3.52. The van der Waals surface area contributed by atoms with Crippen molar-refractivity contribution in [2.24, 2.45) is 0 Å². The second kappa shape index (κ2) is 8.43. The van der Waals surface area contributed by atoms with E-state index in [4.69, 9.17) is 4.74 Å². The number of nitrogens with zero attached hydrogens (tertiary/aromatic N) is 3. The Bertz CT molecular complexity index is 1080. The van der Waals surface area contributed by atoms with E-state index >= 15 is 0 Å². The van der Waals surface area contributed by atoms with Crippen LogP contribution in [-0.4, -0.2) is 56.1 Å². The van der Waals surface area contributed by atoms with Crippen LogP contribution in [0.4, 0.5) is 11.4 Å². The topological polar surface area (TPSA) is 53.1 Å². The van der Waals surface area contributed by atoms with Crippen molar-refractivity contribution in [1.82, 2.24) is 4.90 Å². The maximum absolute atomic E-state index is 13.7. The Labute approximate surface area is 189 Å². The van der Waals surface area contributed by atoms with Crippen LogP contribution in [0.2, 0.25) is 0 Å². The van der Waals surface area contributed by atoms with Crippen LogP contribution in [0.25, 0.3) is 5.57 Å². The van der Waals surface area contributed by atoms with Crippen LogP contribution in [0.5, 0.6) is 0 Å². The van der Waals surface area contributed by atoms with Gasteiger partial charge in [0.25, 0.3) is 11.8 Å². The molecule has 6 nitrogen and oxygen atoms in total. The van der Waals surface area contributed by atoms with Crippen LogP contribution in [0.15, 0.2) is 48.2 Å². The van der Waals surface area contributed by atoms with Crippen LogP contribution in [0.3, 0.4) is 0 Å². The summed E-state index contributed by atoms with van der Waals surface area (Å²) in [5.74, 6) is -0.507. The lowest BCUT2D eigenvalue weighted by molar-refractivity contribution is -0.121. The minimum atomic E-state index is -0.256. The van der Waals surface area contributed by atoms with Gasteiger partial charge in [0.15, 0.2) is 0 Å². The quantitative estimate of drug-likeness (QED) is 0.694. The van der Waals surface area contributed by atoms with Gasteiger partial charge >= 0.3 is 0 Å². The third-order valence-corrected chi connectivity index (χ3v) is 6.76. The molecule has 0 aromatic heterocycles. The summed E-state index contributed by atoms with van der Waals surface area (Å²) in [6.07, 6.45) is 2.41. The van der Waals surface area contributed by atoms with E-state index in [0.29, 0.717) is 43.3 Å². The Hall–Kier alpha value is -3.12. The molecule has 166 valence electrons. The lowest BCUT2D eigenvalue weighted by Crippen LogP contribution is -2.40. The molecule has 5 rings (SSSR count). The van der Waals surface area contributed by atoms with Crippen LogP contribution >= 0.6 is 0 Å². The Morgan fingerprint density at radius 3 is 2.03 bits per heavy atom. The Morgan fingerprint density at radius 2 is 1.38 bits per heavy atom. The van der Waals surface area contributed by atoms with Gasteiger partial charge in [-0.05, 0) is 67.6 Å². The largest absolute Gasteiger partial charge is 0.378 e. The van der Waals surface area contributed by atoms with Crippen molar-refractivity contribution < 1.29 is 14.3 Å². The smallest absolute Gasteiger partial charge is 0.282 e. The summed E-state index contributed by atoms with van der Waals surface area (Å²) >= 11 is 0. The molecule has 3 aliphatic heterocycles. The summed E-state index contributed by atoms with van der Waals surface area (Å²) in [5.41, 5.74) is 5.80. The minimum Gasteiger partial charge on any atom is -0.378 e. The summed E-state index contributed by atoms with van der Waals surface area (Å²) in [4.78, 5) is 33.0. The molecule has 0 atom stereocenters. The molecular formula is C26H29N3O3. The fraction of sp³-hybridized carbons (Fsp3) is 0.385. The van der Waals surface area contributed by atoms with E-state index in [1.807, 2.05) is 61.2 Å². The van der Waals surface area contributed by atoms with Crippen LogP contribution in [0.1, 0.15) is 29.5 Å². The van der Waals surface area contributed by atoms with Gasteiger partial charge in [-0.3, -0.25) is 9.59 Å². The fourth-order valence-corrected chi connectivity index (χ4v) is 4.78. The van der Waals surface area contributed by atoms with Gasteiger partial charge in [0.1, 0.15) is 5.70 Å². The maximum Gasteiger partial charge on any atom is 0.282 e. The zero-order valence-electron chi connectivity index (χ0n) is 18.8. The molecule has 2 fully saturated rings. The number of carbonyl (C=O) groups excluding carboxylic acids is 2. The summed E-state index contributed by atoms with van der Waals surface area (Å²) in [5, 5.41) is 0. The summed E-state index contributed by atoms with van der Waals surface area (Å²) in [6.45, 7) is 8.50. The first kappa shape index (κ1) is 20.8. The van der Waals surface area contributed by atoms with Crippen LogP contribution in [0, 0.1) is 13.8 Å². The zero-order chi connectivity index (χ0) is 22.2. The van der Waals surface area contributed by atoms with E-state index in [0.717, 1.165) is 35.5 Å². The van der Waals surface area contributed by atoms with Crippen molar-refractivity contribution in [2.75, 3.05) is 49.2 Å². The van der Waals surface area contributed by atoms with E-state index < -0.39 is 0 Å². The SMILES string of the molecule is Cc1ccc(C2=C(N3CCOCC3)C(=O)N(c3ccc(N4CCCC4)cc3)C2=O)cc1C. The van der Waals surface area contributed by atoms with Crippen molar-refractivity contribution >= 4 is 28.8 Å². The second-order valence-electron chi connectivity index (χ2n) is 8.78. The molecule has 2 amide bonds. The third kappa shape index (κ3) is 3.58. The number of rotatable bonds is 4. The first-order valence-corrected chi connectivity index (χ1v) is 11.4. The van der Waals surface area contributed by atoms with Crippen molar-refractivity contribution in [2.45, 2.75) is 26.7 Å². The standard InChI is InChI=1S/C26H29N3O3/c1-18-5-6-20(17-19(18)2)23-24(28-13-15-32-16-14-28)26(31)29(25(23)30)22-9-7-21(8-10-22)27-11-3-4-12-27/h5-10,17H,3-4,11-16H2,1-2H3. The average molecular weight is 432 g/mol. The summed E-state index contributed by atoms with van der Waals surface area (Å²) in [7, 11) is 0. The van der Waals surface area contributed by atoms with E-state index in [1.54, 1.807) is 0 Å².